The number of hydrogen-bond acceptors (Lipinski definition) is 7. The zero-order valence-electron chi connectivity index (χ0n) is 20.3. The molecule has 1 aliphatic rings. The Bertz CT molecular complexity index is 1280. The van der Waals surface area contributed by atoms with Gasteiger partial charge in [-0.15, -0.1) is 0 Å². The van der Waals surface area contributed by atoms with Crippen LogP contribution in [0.1, 0.15) is 16.1 Å². The van der Waals surface area contributed by atoms with Crippen LogP contribution in [-0.4, -0.2) is 72.4 Å². The van der Waals surface area contributed by atoms with Gasteiger partial charge in [0.1, 0.15) is 12.4 Å². The Hall–Kier alpha value is -3.95. The van der Waals surface area contributed by atoms with Crippen LogP contribution in [0.5, 0.6) is 5.75 Å². The molecular weight excluding hydrogens is 456 g/mol. The van der Waals surface area contributed by atoms with Crippen LogP contribution in [0.4, 0.5) is 11.5 Å². The summed E-state index contributed by atoms with van der Waals surface area (Å²) in [6.07, 6.45) is 1.75. The molecule has 0 unspecified atom stereocenters. The van der Waals surface area contributed by atoms with Gasteiger partial charge in [-0.05, 0) is 55.6 Å². The Kier molecular flexibility index (Phi) is 7.39. The number of nitrogens with zero attached hydrogens (tertiary/aromatic N) is 4. The summed E-state index contributed by atoms with van der Waals surface area (Å²) >= 11 is 0. The van der Waals surface area contributed by atoms with Crippen molar-refractivity contribution in [1.82, 2.24) is 20.1 Å². The Labute approximate surface area is 210 Å². The quantitative estimate of drug-likeness (QED) is 0.349. The van der Waals surface area contributed by atoms with E-state index in [4.69, 9.17) is 9.47 Å². The van der Waals surface area contributed by atoms with Gasteiger partial charge in [0.25, 0.3) is 5.91 Å². The number of nitrogens with one attached hydrogen (secondary N) is 2. The van der Waals surface area contributed by atoms with Crippen molar-refractivity contribution in [3.63, 3.8) is 0 Å². The van der Waals surface area contributed by atoms with Crippen LogP contribution >= 0.6 is 0 Å². The van der Waals surface area contributed by atoms with Crippen LogP contribution in [0.15, 0.2) is 66.9 Å². The van der Waals surface area contributed by atoms with E-state index in [1.165, 1.54) is 0 Å². The van der Waals surface area contributed by atoms with Gasteiger partial charge in [0.15, 0.2) is 5.82 Å². The maximum absolute atomic E-state index is 12.8. The highest BCUT2D eigenvalue weighted by Crippen LogP contribution is 2.25. The monoisotopic (exact) mass is 486 g/mol. The number of ether oxygens (including phenoxy) is 2. The first-order chi connectivity index (χ1) is 17.7. The molecule has 2 aromatic carbocycles. The third kappa shape index (κ3) is 5.81. The molecule has 0 atom stereocenters. The molecule has 1 aliphatic heterocycles. The Morgan fingerprint density at radius 3 is 2.64 bits per heavy atom. The fourth-order valence-corrected chi connectivity index (χ4v) is 4.13. The summed E-state index contributed by atoms with van der Waals surface area (Å²) in [5, 5.41) is 11.0. The number of hydrogen-bond donors (Lipinski definition) is 2. The van der Waals surface area contributed by atoms with Gasteiger partial charge in [-0.1, -0.05) is 6.07 Å². The third-order valence-corrected chi connectivity index (χ3v) is 6.24. The molecule has 1 fully saturated rings. The van der Waals surface area contributed by atoms with Gasteiger partial charge in [0, 0.05) is 55.1 Å². The fourth-order valence-electron chi connectivity index (χ4n) is 4.13. The number of pyridine rings is 1. The smallest absolute Gasteiger partial charge is 0.256 e. The molecule has 9 nitrogen and oxygen atoms in total. The molecule has 3 heterocycles. The van der Waals surface area contributed by atoms with Crippen molar-refractivity contribution in [2.24, 2.45) is 0 Å². The Morgan fingerprint density at radius 1 is 1.03 bits per heavy atom. The molecule has 2 N–H and O–H groups in total. The zero-order valence-corrected chi connectivity index (χ0v) is 20.3. The van der Waals surface area contributed by atoms with Crippen LogP contribution in [0.25, 0.3) is 10.9 Å². The summed E-state index contributed by atoms with van der Waals surface area (Å²) in [6, 6.07) is 19.1. The lowest BCUT2D eigenvalue weighted by atomic mass is 10.1. The maximum Gasteiger partial charge on any atom is 0.256 e. The molecule has 0 bridgehead atoms. The van der Waals surface area contributed by atoms with Crippen molar-refractivity contribution in [1.29, 1.82) is 0 Å². The first kappa shape index (κ1) is 23.8. The molecule has 9 heteroatoms. The van der Waals surface area contributed by atoms with Crippen molar-refractivity contribution in [2.45, 2.75) is 6.61 Å². The van der Waals surface area contributed by atoms with E-state index in [-0.39, 0.29) is 5.91 Å². The van der Waals surface area contributed by atoms with Gasteiger partial charge in [-0.3, -0.25) is 14.9 Å². The molecule has 2 aromatic heterocycles. The second-order valence-electron chi connectivity index (χ2n) is 8.79. The summed E-state index contributed by atoms with van der Waals surface area (Å²) in [4.78, 5) is 21.7. The summed E-state index contributed by atoms with van der Waals surface area (Å²) < 4.78 is 11.4. The van der Waals surface area contributed by atoms with Gasteiger partial charge in [-0.2, -0.15) is 5.10 Å². The molecule has 186 valence electrons. The number of amides is 1. The molecule has 0 radical (unpaired) electrons. The number of H-pyrrole nitrogens is 1. The average molecular weight is 487 g/mol. The van der Waals surface area contributed by atoms with Gasteiger partial charge in [-0.25, -0.2) is 0 Å². The number of aromatic amines is 1. The molecule has 36 heavy (non-hydrogen) atoms. The molecular formula is C27H30N6O3. The van der Waals surface area contributed by atoms with Crippen LogP contribution in [0.2, 0.25) is 0 Å². The minimum absolute atomic E-state index is 0.196. The number of rotatable bonds is 9. The molecule has 0 spiro atoms. The van der Waals surface area contributed by atoms with Gasteiger partial charge < -0.3 is 24.6 Å². The van der Waals surface area contributed by atoms with Crippen LogP contribution in [0, 0.1) is 0 Å². The highest BCUT2D eigenvalue weighted by Gasteiger charge is 2.16. The second-order valence-corrected chi connectivity index (χ2v) is 8.79. The SMILES string of the molecule is CN1CCN(c2ccc(C(=O)Nc3n[nH]c4cc(OCCOCc5ccccn5)ccc34)cc2)CC1. The molecule has 4 aromatic rings. The lowest BCUT2D eigenvalue weighted by molar-refractivity contribution is 0.0870. The number of benzene rings is 2. The topological polar surface area (TPSA) is 95.6 Å². The summed E-state index contributed by atoms with van der Waals surface area (Å²) in [6.45, 7) is 5.39. The van der Waals surface area contributed by atoms with Crippen molar-refractivity contribution < 1.29 is 14.3 Å². The zero-order chi connectivity index (χ0) is 24.7. The molecule has 1 saturated heterocycles. The summed E-state index contributed by atoms with van der Waals surface area (Å²) in [5.74, 6) is 0.993. The third-order valence-electron chi connectivity index (χ3n) is 6.24. The maximum atomic E-state index is 12.8. The first-order valence-electron chi connectivity index (χ1n) is 12.1. The minimum Gasteiger partial charge on any atom is -0.491 e. The van der Waals surface area contributed by atoms with Crippen molar-refractivity contribution in [3.05, 3.63) is 78.1 Å². The van der Waals surface area contributed by atoms with E-state index in [2.05, 4.69) is 37.3 Å². The van der Waals surface area contributed by atoms with Crippen LogP contribution in [0.3, 0.4) is 0 Å². The van der Waals surface area contributed by atoms with E-state index in [0.717, 1.165) is 48.5 Å². The average Bonchev–Trinajstić information content (AvgIpc) is 3.31. The van der Waals surface area contributed by atoms with E-state index >= 15 is 0 Å². The van der Waals surface area contributed by atoms with Crippen molar-refractivity contribution >= 4 is 28.3 Å². The number of fused-ring (bicyclic) bond motifs is 1. The standard InChI is InChI=1S/C27H30N6O3/c1-32-12-14-33(15-13-32)22-7-5-20(6-8-22)27(34)29-26-24-10-9-23(18-25(24)30-31-26)36-17-16-35-19-21-4-2-3-11-28-21/h2-11,18H,12-17,19H2,1H3,(H2,29,30,31,34). The lowest BCUT2D eigenvalue weighted by Crippen LogP contribution is -2.44. The normalized spacial score (nSPS) is 14.2. The van der Waals surface area contributed by atoms with Crippen molar-refractivity contribution in [3.8, 4) is 5.75 Å². The number of carbonyl (C=O) groups excluding carboxylic acids is 1. The van der Waals surface area contributed by atoms with Crippen molar-refractivity contribution in [2.75, 3.05) is 56.7 Å². The largest absolute Gasteiger partial charge is 0.491 e. The van der Waals surface area contributed by atoms with Gasteiger partial charge >= 0.3 is 0 Å². The van der Waals surface area contributed by atoms with E-state index in [1.807, 2.05) is 60.7 Å². The predicted molar refractivity (Wildman–Crippen MR) is 140 cm³/mol. The van der Waals surface area contributed by atoms with E-state index < -0.39 is 0 Å². The van der Waals surface area contributed by atoms with Crippen LogP contribution < -0.4 is 15.0 Å². The highest BCUT2D eigenvalue weighted by molar-refractivity contribution is 6.08. The molecule has 5 rings (SSSR count). The number of likely N-dealkylation sites (N-methyl/N-ethyl adjacent to an activating group) is 1. The number of anilines is 2. The second kappa shape index (κ2) is 11.2. The molecule has 0 saturated carbocycles. The number of carbonyl (C=O) groups is 1. The van der Waals surface area contributed by atoms with Crippen LogP contribution in [-0.2, 0) is 11.3 Å². The number of piperazine rings is 1. The molecule has 0 aliphatic carbocycles. The Morgan fingerprint density at radius 2 is 1.86 bits per heavy atom. The Balaban J connectivity index is 1.13. The summed E-state index contributed by atoms with van der Waals surface area (Å²) in [7, 11) is 2.14. The van der Waals surface area contributed by atoms with Gasteiger partial charge in [0.05, 0.1) is 24.4 Å². The predicted octanol–water partition coefficient (Wildman–Crippen LogP) is 3.56. The van der Waals surface area contributed by atoms with E-state index in [9.17, 15) is 4.79 Å². The van der Waals surface area contributed by atoms with E-state index in [1.54, 1.807) is 6.20 Å². The summed E-state index contributed by atoms with van der Waals surface area (Å²) in [5.41, 5.74) is 3.40. The van der Waals surface area contributed by atoms with E-state index in [0.29, 0.717) is 37.0 Å². The minimum atomic E-state index is -0.196. The number of aromatic nitrogens is 3. The highest BCUT2D eigenvalue weighted by atomic mass is 16.5. The first-order valence-corrected chi connectivity index (χ1v) is 12.1. The fraction of sp³-hybridized carbons (Fsp3) is 0.296. The van der Waals surface area contributed by atoms with Gasteiger partial charge in [0.2, 0.25) is 0 Å². The molecule has 1 amide bonds. The lowest BCUT2D eigenvalue weighted by Gasteiger charge is -2.34.